The highest BCUT2D eigenvalue weighted by Crippen LogP contribution is 2.19. The lowest BCUT2D eigenvalue weighted by atomic mass is 10.0. The predicted octanol–water partition coefficient (Wildman–Crippen LogP) is 1.79. The van der Waals surface area contributed by atoms with E-state index < -0.39 is 29.8 Å². The number of hydrogen-bond acceptors (Lipinski definition) is 5. The van der Waals surface area contributed by atoms with E-state index in [1.54, 1.807) is 51.1 Å². The molecule has 6 nitrogen and oxygen atoms in total. The van der Waals surface area contributed by atoms with Crippen LogP contribution >= 0.6 is 0 Å². The summed E-state index contributed by atoms with van der Waals surface area (Å²) in [5, 5.41) is 12.5. The zero-order chi connectivity index (χ0) is 16.0. The molecule has 1 aromatic rings. The molecule has 2 N–H and O–H groups in total. The molecule has 0 spiro atoms. The number of alkyl carbamates (subject to hydrolysis) is 1. The third-order valence-corrected chi connectivity index (χ3v) is 2.59. The summed E-state index contributed by atoms with van der Waals surface area (Å²) < 4.78 is 9.66. The third kappa shape index (κ3) is 5.43. The molecule has 0 unspecified atom stereocenters. The van der Waals surface area contributed by atoms with Gasteiger partial charge in [0.05, 0.1) is 13.2 Å². The first-order chi connectivity index (χ1) is 9.74. The Labute approximate surface area is 124 Å². The van der Waals surface area contributed by atoms with Crippen molar-refractivity contribution in [1.29, 1.82) is 0 Å². The van der Waals surface area contributed by atoms with E-state index in [1.165, 1.54) is 7.11 Å². The molecular formula is C15H21NO5. The molecule has 0 aliphatic rings. The maximum atomic E-state index is 11.9. The number of aliphatic hydroxyl groups is 1. The maximum Gasteiger partial charge on any atom is 0.408 e. The number of carbonyl (C=O) groups excluding carboxylic acids is 2. The van der Waals surface area contributed by atoms with Crippen LogP contribution in [0.25, 0.3) is 0 Å². The summed E-state index contributed by atoms with van der Waals surface area (Å²) in [5.41, 5.74) is -0.108. The Balaban J connectivity index is 2.93. The summed E-state index contributed by atoms with van der Waals surface area (Å²) in [5.74, 6) is -0.833. The highest BCUT2D eigenvalue weighted by Gasteiger charge is 2.31. The van der Waals surface area contributed by atoms with Crippen molar-refractivity contribution in [2.45, 2.75) is 38.5 Å². The first-order valence-corrected chi connectivity index (χ1v) is 6.55. The first-order valence-electron chi connectivity index (χ1n) is 6.55. The van der Waals surface area contributed by atoms with Crippen LogP contribution in [-0.4, -0.2) is 36.0 Å². The van der Waals surface area contributed by atoms with Crippen LogP contribution in [0.5, 0.6) is 0 Å². The van der Waals surface area contributed by atoms with Gasteiger partial charge >= 0.3 is 12.1 Å². The van der Waals surface area contributed by atoms with Gasteiger partial charge in [0, 0.05) is 0 Å². The number of nitrogens with one attached hydrogen (secondary N) is 1. The van der Waals surface area contributed by atoms with Crippen LogP contribution in [-0.2, 0) is 14.3 Å². The Hall–Kier alpha value is -2.08. The molecule has 2 atom stereocenters. The molecule has 1 aromatic carbocycles. The van der Waals surface area contributed by atoms with Crippen LogP contribution in [0.3, 0.4) is 0 Å². The van der Waals surface area contributed by atoms with Gasteiger partial charge in [-0.05, 0) is 26.3 Å². The SMILES string of the molecule is COC(=O)[C@@H](O)[C@H](NC(=O)OC(C)(C)C)c1ccccc1. The van der Waals surface area contributed by atoms with E-state index >= 15 is 0 Å². The number of esters is 1. The number of ether oxygens (including phenoxy) is 2. The number of methoxy groups -OCH3 is 1. The normalized spacial score (nSPS) is 14.0. The third-order valence-electron chi connectivity index (χ3n) is 2.59. The van der Waals surface area contributed by atoms with E-state index in [2.05, 4.69) is 10.1 Å². The summed E-state index contributed by atoms with van der Waals surface area (Å²) >= 11 is 0. The minimum absolute atomic E-state index is 0.571. The Kier molecular flexibility index (Phi) is 5.72. The molecule has 1 rings (SSSR count). The van der Waals surface area contributed by atoms with Crippen molar-refractivity contribution in [3.8, 4) is 0 Å². The van der Waals surface area contributed by atoms with Crippen molar-refractivity contribution in [2.75, 3.05) is 7.11 Å². The molecular weight excluding hydrogens is 274 g/mol. The van der Waals surface area contributed by atoms with Gasteiger partial charge in [0.1, 0.15) is 5.60 Å². The second-order valence-corrected chi connectivity index (χ2v) is 5.50. The van der Waals surface area contributed by atoms with E-state index in [9.17, 15) is 14.7 Å². The van der Waals surface area contributed by atoms with E-state index in [4.69, 9.17) is 4.74 Å². The van der Waals surface area contributed by atoms with Crippen molar-refractivity contribution in [2.24, 2.45) is 0 Å². The van der Waals surface area contributed by atoms with Gasteiger partial charge in [-0.2, -0.15) is 0 Å². The minimum Gasteiger partial charge on any atom is -0.467 e. The molecule has 0 aliphatic heterocycles. The molecule has 0 saturated carbocycles. The van der Waals surface area contributed by atoms with Crippen molar-refractivity contribution in [1.82, 2.24) is 5.32 Å². The fraction of sp³-hybridized carbons (Fsp3) is 0.467. The number of rotatable bonds is 4. The molecule has 0 aliphatic carbocycles. The van der Waals surface area contributed by atoms with E-state index in [-0.39, 0.29) is 0 Å². The predicted molar refractivity (Wildman–Crippen MR) is 76.6 cm³/mol. The molecule has 6 heteroatoms. The van der Waals surface area contributed by atoms with E-state index in [0.717, 1.165) is 0 Å². The minimum atomic E-state index is -1.52. The summed E-state index contributed by atoms with van der Waals surface area (Å²) in [7, 11) is 1.17. The average Bonchev–Trinajstić information content (AvgIpc) is 2.42. The quantitative estimate of drug-likeness (QED) is 0.827. The van der Waals surface area contributed by atoms with Crippen molar-refractivity contribution in [3.63, 3.8) is 0 Å². The largest absolute Gasteiger partial charge is 0.467 e. The standard InChI is InChI=1S/C15H21NO5/c1-15(2,3)21-14(19)16-11(12(17)13(18)20-4)10-8-6-5-7-9-10/h5-9,11-12,17H,1-4H3,(H,16,19)/t11-,12+/m1/s1. The van der Waals surface area contributed by atoms with Crippen LogP contribution in [0.15, 0.2) is 30.3 Å². The molecule has 1 amide bonds. The average molecular weight is 295 g/mol. The maximum absolute atomic E-state index is 11.9. The Morgan fingerprint density at radius 2 is 1.76 bits per heavy atom. The summed E-state index contributed by atoms with van der Waals surface area (Å²) in [6.45, 7) is 5.17. The number of hydrogen-bond donors (Lipinski definition) is 2. The monoisotopic (exact) mass is 295 g/mol. The highest BCUT2D eigenvalue weighted by molar-refractivity contribution is 5.77. The van der Waals surface area contributed by atoms with Gasteiger partial charge in [0.25, 0.3) is 0 Å². The molecule has 21 heavy (non-hydrogen) atoms. The van der Waals surface area contributed by atoms with Gasteiger partial charge in [-0.25, -0.2) is 9.59 Å². The number of aliphatic hydroxyl groups excluding tert-OH is 1. The Bertz CT molecular complexity index is 481. The second-order valence-electron chi connectivity index (χ2n) is 5.50. The molecule has 0 radical (unpaired) electrons. The van der Waals surface area contributed by atoms with Crippen molar-refractivity contribution < 1.29 is 24.2 Å². The topological polar surface area (TPSA) is 84.9 Å². The van der Waals surface area contributed by atoms with Gasteiger partial charge in [-0.3, -0.25) is 0 Å². The Morgan fingerprint density at radius 1 is 1.19 bits per heavy atom. The molecule has 0 saturated heterocycles. The number of amides is 1. The van der Waals surface area contributed by atoms with Crippen LogP contribution in [0, 0.1) is 0 Å². The lowest BCUT2D eigenvalue weighted by Gasteiger charge is -2.25. The molecule has 0 fully saturated rings. The van der Waals surface area contributed by atoms with Crippen LogP contribution in [0.4, 0.5) is 4.79 Å². The number of benzene rings is 1. The van der Waals surface area contributed by atoms with Gasteiger partial charge in [0.15, 0.2) is 6.10 Å². The summed E-state index contributed by atoms with van der Waals surface area (Å²) in [4.78, 5) is 23.4. The molecule has 0 heterocycles. The van der Waals surface area contributed by atoms with Crippen LogP contribution in [0.2, 0.25) is 0 Å². The lowest BCUT2D eigenvalue weighted by molar-refractivity contribution is -0.152. The van der Waals surface area contributed by atoms with Gasteiger partial charge in [-0.15, -0.1) is 0 Å². The fourth-order valence-corrected chi connectivity index (χ4v) is 1.70. The second kappa shape index (κ2) is 7.08. The van der Waals surface area contributed by atoms with Crippen molar-refractivity contribution >= 4 is 12.1 Å². The van der Waals surface area contributed by atoms with Crippen LogP contribution < -0.4 is 5.32 Å². The molecule has 0 bridgehead atoms. The van der Waals surface area contributed by atoms with Gasteiger partial charge < -0.3 is 19.9 Å². The summed E-state index contributed by atoms with van der Waals surface area (Å²) in [6.07, 6.45) is -2.25. The zero-order valence-corrected chi connectivity index (χ0v) is 12.6. The van der Waals surface area contributed by atoms with Crippen LogP contribution in [0.1, 0.15) is 32.4 Å². The molecule has 116 valence electrons. The highest BCUT2D eigenvalue weighted by atomic mass is 16.6. The lowest BCUT2D eigenvalue weighted by Crippen LogP contribution is -2.43. The first kappa shape index (κ1) is 17.0. The van der Waals surface area contributed by atoms with E-state index in [0.29, 0.717) is 5.56 Å². The summed E-state index contributed by atoms with van der Waals surface area (Å²) in [6, 6.07) is 7.70. The molecule has 0 aromatic heterocycles. The number of carbonyl (C=O) groups is 2. The van der Waals surface area contributed by atoms with Crippen molar-refractivity contribution in [3.05, 3.63) is 35.9 Å². The van der Waals surface area contributed by atoms with Gasteiger partial charge in [0.2, 0.25) is 0 Å². The van der Waals surface area contributed by atoms with Gasteiger partial charge in [-0.1, -0.05) is 30.3 Å². The smallest absolute Gasteiger partial charge is 0.408 e. The fourth-order valence-electron chi connectivity index (χ4n) is 1.70. The Morgan fingerprint density at radius 3 is 2.24 bits per heavy atom. The van der Waals surface area contributed by atoms with E-state index in [1.807, 2.05) is 0 Å². The zero-order valence-electron chi connectivity index (χ0n) is 12.6.